The van der Waals surface area contributed by atoms with E-state index in [1.807, 2.05) is 0 Å². The summed E-state index contributed by atoms with van der Waals surface area (Å²) in [5.74, 6) is -0.163. The number of anilines is 2. The van der Waals surface area contributed by atoms with Gasteiger partial charge in [0.15, 0.2) is 0 Å². The maximum absolute atomic E-state index is 11.8. The summed E-state index contributed by atoms with van der Waals surface area (Å²) >= 11 is 5.97. The number of hydrogen-bond acceptors (Lipinski definition) is 4. The first-order valence-electron chi connectivity index (χ1n) is 5.88. The van der Waals surface area contributed by atoms with Gasteiger partial charge in [0, 0.05) is 12.2 Å². The van der Waals surface area contributed by atoms with Gasteiger partial charge in [-0.2, -0.15) is 5.06 Å². The van der Waals surface area contributed by atoms with Gasteiger partial charge in [-0.3, -0.25) is 9.63 Å². The Labute approximate surface area is 111 Å². The van der Waals surface area contributed by atoms with Crippen LogP contribution >= 0.6 is 11.6 Å². The second kappa shape index (κ2) is 6.04. The summed E-state index contributed by atoms with van der Waals surface area (Å²) in [5, 5.41) is 4.86. The lowest BCUT2D eigenvalue weighted by Crippen LogP contribution is -2.36. The van der Waals surface area contributed by atoms with Gasteiger partial charge in [-0.05, 0) is 31.0 Å². The Morgan fingerprint density at radius 2 is 2.33 bits per heavy atom. The fraction of sp³-hybridized carbons (Fsp3) is 0.417. The van der Waals surface area contributed by atoms with Crippen molar-refractivity contribution in [1.82, 2.24) is 5.06 Å². The van der Waals surface area contributed by atoms with Gasteiger partial charge in [0.2, 0.25) is 5.91 Å². The zero-order valence-electron chi connectivity index (χ0n) is 9.99. The summed E-state index contributed by atoms with van der Waals surface area (Å²) in [5.41, 5.74) is 6.73. The maximum atomic E-state index is 11.8. The molecule has 0 bridgehead atoms. The van der Waals surface area contributed by atoms with Gasteiger partial charge in [0.25, 0.3) is 0 Å². The Bertz CT molecular complexity index is 433. The summed E-state index contributed by atoms with van der Waals surface area (Å²) in [4.78, 5) is 17.2. The number of nitrogens with one attached hydrogen (secondary N) is 1. The number of carbonyl (C=O) groups excluding carboxylic acids is 1. The van der Waals surface area contributed by atoms with Crippen LogP contribution in [-0.4, -0.2) is 30.7 Å². The molecule has 1 aromatic carbocycles. The first-order chi connectivity index (χ1) is 8.65. The van der Waals surface area contributed by atoms with Crippen molar-refractivity contribution in [3.05, 3.63) is 23.2 Å². The zero-order chi connectivity index (χ0) is 13.0. The Balaban J connectivity index is 1.92. The summed E-state index contributed by atoms with van der Waals surface area (Å²) in [6.07, 6.45) is 2.09. The lowest BCUT2D eigenvalue weighted by atomic mass is 10.2. The minimum Gasteiger partial charge on any atom is -0.399 e. The Hall–Kier alpha value is -1.30. The Kier molecular flexibility index (Phi) is 4.41. The highest BCUT2D eigenvalue weighted by Crippen LogP contribution is 2.24. The quantitative estimate of drug-likeness (QED) is 0.823. The third-order valence-corrected chi connectivity index (χ3v) is 2.99. The minimum atomic E-state index is -0.163. The zero-order valence-corrected chi connectivity index (χ0v) is 10.7. The molecule has 1 amide bonds. The average molecular weight is 270 g/mol. The number of benzene rings is 1. The molecule has 6 heteroatoms. The van der Waals surface area contributed by atoms with E-state index in [2.05, 4.69) is 5.32 Å². The van der Waals surface area contributed by atoms with E-state index < -0.39 is 0 Å². The van der Waals surface area contributed by atoms with Gasteiger partial charge in [0.05, 0.1) is 17.3 Å². The highest BCUT2D eigenvalue weighted by atomic mass is 35.5. The molecule has 5 nitrogen and oxygen atoms in total. The van der Waals surface area contributed by atoms with E-state index in [4.69, 9.17) is 22.2 Å². The number of amides is 1. The molecule has 1 aliphatic heterocycles. The van der Waals surface area contributed by atoms with Gasteiger partial charge in [0.1, 0.15) is 6.54 Å². The van der Waals surface area contributed by atoms with Gasteiger partial charge in [-0.1, -0.05) is 11.6 Å². The van der Waals surface area contributed by atoms with Crippen LogP contribution in [0, 0.1) is 0 Å². The van der Waals surface area contributed by atoms with E-state index in [1.54, 1.807) is 23.3 Å². The Morgan fingerprint density at radius 1 is 1.50 bits per heavy atom. The number of nitrogen functional groups attached to an aromatic ring is 1. The van der Waals surface area contributed by atoms with Crippen molar-refractivity contribution < 1.29 is 9.63 Å². The number of carbonyl (C=O) groups is 1. The number of hydrogen-bond donors (Lipinski definition) is 2. The second-order valence-corrected chi connectivity index (χ2v) is 4.60. The SMILES string of the molecule is Nc1ccc(Cl)c(NC(=O)CN2CCCCO2)c1. The van der Waals surface area contributed by atoms with E-state index in [0.29, 0.717) is 23.0 Å². The molecule has 2 rings (SSSR count). The van der Waals surface area contributed by atoms with Crippen molar-refractivity contribution in [1.29, 1.82) is 0 Å². The molecule has 0 aliphatic carbocycles. The van der Waals surface area contributed by atoms with E-state index in [-0.39, 0.29) is 12.5 Å². The molecule has 0 radical (unpaired) electrons. The summed E-state index contributed by atoms with van der Waals surface area (Å²) in [6, 6.07) is 4.98. The van der Waals surface area contributed by atoms with Crippen molar-refractivity contribution in [3.8, 4) is 0 Å². The third kappa shape index (κ3) is 3.60. The smallest absolute Gasteiger partial charge is 0.241 e. The lowest BCUT2D eigenvalue weighted by Gasteiger charge is -2.25. The first-order valence-corrected chi connectivity index (χ1v) is 6.26. The molecule has 1 aromatic rings. The van der Waals surface area contributed by atoms with Gasteiger partial charge < -0.3 is 11.1 Å². The fourth-order valence-electron chi connectivity index (χ4n) is 1.76. The van der Waals surface area contributed by atoms with Crippen LogP contribution in [0.1, 0.15) is 12.8 Å². The number of nitrogens with zero attached hydrogens (tertiary/aromatic N) is 1. The summed E-state index contributed by atoms with van der Waals surface area (Å²) in [7, 11) is 0. The average Bonchev–Trinajstić information content (AvgIpc) is 2.35. The van der Waals surface area contributed by atoms with Gasteiger partial charge >= 0.3 is 0 Å². The molecule has 18 heavy (non-hydrogen) atoms. The lowest BCUT2D eigenvalue weighted by molar-refractivity contribution is -0.182. The molecule has 0 aromatic heterocycles. The molecule has 1 aliphatic rings. The predicted octanol–water partition coefficient (Wildman–Crippen LogP) is 1.89. The van der Waals surface area contributed by atoms with Crippen LogP contribution in [0.2, 0.25) is 5.02 Å². The molecule has 0 spiro atoms. The van der Waals surface area contributed by atoms with Crippen LogP contribution in [0.15, 0.2) is 18.2 Å². The molecule has 0 saturated carbocycles. The molecular weight excluding hydrogens is 254 g/mol. The summed E-state index contributed by atoms with van der Waals surface area (Å²) in [6.45, 7) is 1.65. The van der Waals surface area contributed by atoms with Crippen molar-refractivity contribution in [3.63, 3.8) is 0 Å². The first kappa shape index (κ1) is 13.1. The van der Waals surface area contributed by atoms with Gasteiger partial charge in [-0.25, -0.2) is 0 Å². The van der Waals surface area contributed by atoms with E-state index >= 15 is 0 Å². The van der Waals surface area contributed by atoms with Crippen LogP contribution in [0.4, 0.5) is 11.4 Å². The minimum absolute atomic E-state index is 0.163. The van der Waals surface area contributed by atoms with Gasteiger partial charge in [-0.15, -0.1) is 0 Å². The van der Waals surface area contributed by atoms with E-state index in [0.717, 1.165) is 19.4 Å². The van der Waals surface area contributed by atoms with Crippen LogP contribution in [0.25, 0.3) is 0 Å². The molecule has 98 valence electrons. The molecule has 0 unspecified atom stereocenters. The topological polar surface area (TPSA) is 67.6 Å². The number of nitrogens with two attached hydrogens (primary N) is 1. The highest BCUT2D eigenvalue weighted by Gasteiger charge is 2.15. The molecule has 0 atom stereocenters. The molecule has 1 heterocycles. The largest absolute Gasteiger partial charge is 0.399 e. The van der Waals surface area contributed by atoms with Crippen LogP contribution in [-0.2, 0) is 9.63 Å². The van der Waals surface area contributed by atoms with Crippen LogP contribution in [0.5, 0.6) is 0 Å². The van der Waals surface area contributed by atoms with Crippen LogP contribution in [0.3, 0.4) is 0 Å². The third-order valence-electron chi connectivity index (χ3n) is 2.66. The number of hydroxylamine groups is 2. The Morgan fingerprint density at radius 3 is 3.06 bits per heavy atom. The van der Waals surface area contributed by atoms with Crippen molar-refractivity contribution in [2.45, 2.75) is 12.8 Å². The monoisotopic (exact) mass is 269 g/mol. The maximum Gasteiger partial charge on any atom is 0.241 e. The predicted molar refractivity (Wildman–Crippen MR) is 71.3 cm³/mol. The molecular formula is C12H16ClN3O2. The van der Waals surface area contributed by atoms with E-state index in [1.165, 1.54) is 0 Å². The second-order valence-electron chi connectivity index (χ2n) is 4.19. The van der Waals surface area contributed by atoms with Crippen LogP contribution < -0.4 is 11.1 Å². The van der Waals surface area contributed by atoms with Crippen molar-refractivity contribution in [2.75, 3.05) is 30.7 Å². The van der Waals surface area contributed by atoms with Crippen molar-refractivity contribution in [2.24, 2.45) is 0 Å². The molecule has 1 fully saturated rings. The molecule has 1 saturated heterocycles. The fourth-order valence-corrected chi connectivity index (χ4v) is 1.93. The highest BCUT2D eigenvalue weighted by molar-refractivity contribution is 6.33. The standard InChI is InChI=1S/C12H16ClN3O2/c13-10-4-3-9(14)7-11(10)15-12(17)8-16-5-1-2-6-18-16/h3-4,7H,1-2,5-6,8,14H2,(H,15,17). The normalized spacial score (nSPS) is 16.5. The number of halogens is 1. The summed E-state index contributed by atoms with van der Waals surface area (Å²) < 4.78 is 0. The van der Waals surface area contributed by atoms with Crippen molar-refractivity contribution >= 4 is 28.9 Å². The van der Waals surface area contributed by atoms with E-state index in [9.17, 15) is 4.79 Å². The number of rotatable bonds is 3. The molecule has 3 N–H and O–H groups in total.